The molecule has 1 atom stereocenters. The van der Waals surface area contributed by atoms with Crippen LogP contribution in [0.15, 0.2) is 54.7 Å². The fraction of sp³-hybridized carbons (Fsp3) is 0.263. The summed E-state index contributed by atoms with van der Waals surface area (Å²) in [5.41, 5.74) is 3.60. The number of para-hydroxylation sites is 1. The van der Waals surface area contributed by atoms with Gasteiger partial charge in [0, 0.05) is 17.1 Å². The molecule has 1 unspecified atom stereocenters. The Kier molecular flexibility index (Phi) is 3.43. The van der Waals surface area contributed by atoms with Gasteiger partial charge in [0.25, 0.3) is 0 Å². The summed E-state index contributed by atoms with van der Waals surface area (Å²) in [6.45, 7) is 2.20. The molecule has 0 bridgehead atoms. The number of nitrogens with one attached hydrogen (secondary N) is 1. The molecule has 1 aliphatic heterocycles. The average molecular weight is 294 g/mol. The van der Waals surface area contributed by atoms with Crippen molar-refractivity contribution in [3.05, 3.63) is 71.7 Å². The van der Waals surface area contributed by atoms with E-state index in [0.717, 1.165) is 24.2 Å². The molecular weight excluding hydrogens is 275 g/mol. The minimum absolute atomic E-state index is 0.178. The van der Waals surface area contributed by atoms with E-state index in [4.69, 9.17) is 0 Å². The number of nitrogens with zero attached hydrogens (tertiary/aromatic N) is 1. The van der Waals surface area contributed by atoms with Crippen molar-refractivity contribution in [3.63, 3.8) is 0 Å². The first-order valence-corrected chi connectivity index (χ1v) is 7.88. The maximum Gasteiger partial charge on any atom is 0.123 e. The standard InChI is InChI=1S/C19H19FN2/c20-15-9-7-14(8-10-15)19(22-11-3-4-12-22)17-13-21-18-6-2-1-5-16(17)18/h1-2,5-10,13,19,21H,3-4,11-12H2. The molecule has 0 spiro atoms. The van der Waals surface area contributed by atoms with Gasteiger partial charge in [0.2, 0.25) is 0 Å². The van der Waals surface area contributed by atoms with Crippen molar-refractivity contribution < 1.29 is 4.39 Å². The predicted octanol–water partition coefficient (Wildman–Crippen LogP) is 4.49. The Bertz CT molecular complexity index is 769. The maximum absolute atomic E-state index is 13.3. The number of fused-ring (bicyclic) bond motifs is 1. The fourth-order valence-electron chi connectivity index (χ4n) is 3.55. The first-order valence-electron chi connectivity index (χ1n) is 7.88. The lowest BCUT2D eigenvalue weighted by Crippen LogP contribution is -2.26. The van der Waals surface area contributed by atoms with Gasteiger partial charge in [-0.3, -0.25) is 4.90 Å². The van der Waals surface area contributed by atoms with Crippen molar-refractivity contribution in [1.29, 1.82) is 0 Å². The number of H-pyrrole nitrogens is 1. The zero-order chi connectivity index (χ0) is 14.9. The number of aromatic amines is 1. The third-order valence-corrected chi connectivity index (χ3v) is 4.61. The molecule has 112 valence electrons. The largest absolute Gasteiger partial charge is 0.361 e. The summed E-state index contributed by atoms with van der Waals surface area (Å²) < 4.78 is 13.3. The Morgan fingerprint density at radius 1 is 0.955 bits per heavy atom. The van der Waals surface area contributed by atoms with Gasteiger partial charge in [0.05, 0.1) is 6.04 Å². The Labute approximate surface area is 129 Å². The summed E-state index contributed by atoms with van der Waals surface area (Å²) in [5, 5.41) is 1.25. The molecule has 22 heavy (non-hydrogen) atoms. The number of rotatable bonds is 3. The second kappa shape index (κ2) is 5.58. The van der Waals surface area contributed by atoms with Crippen LogP contribution in [0, 0.1) is 5.82 Å². The summed E-state index contributed by atoms with van der Waals surface area (Å²) in [7, 11) is 0. The summed E-state index contributed by atoms with van der Waals surface area (Å²) in [6.07, 6.45) is 4.58. The van der Waals surface area contributed by atoms with Gasteiger partial charge in [0.1, 0.15) is 5.82 Å². The monoisotopic (exact) mass is 294 g/mol. The van der Waals surface area contributed by atoms with Crippen LogP contribution in [0.2, 0.25) is 0 Å². The highest BCUT2D eigenvalue weighted by Crippen LogP contribution is 2.35. The van der Waals surface area contributed by atoms with Gasteiger partial charge < -0.3 is 4.98 Å². The van der Waals surface area contributed by atoms with Crippen molar-refractivity contribution in [2.24, 2.45) is 0 Å². The van der Waals surface area contributed by atoms with Crippen LogP contribution in [0.3, 0.4) is 0 Å². The molecule has 1 aromatic heterocycles. The van der Waals surface area contributed by atoms with E-state index >= 15 is 0 Å². The summed E-state index contributed by atoms with van der Waals surface area (Å²) in [6, 6.07) is 15.5. The van der Waals surface area contributed by atoms with Crippen molar-refractivity contribution in [1.82, 2.24) is 9.88 Å². The summed E-state index contributed by atoms with van der Waals surface area (Å²) in [5.74, 6) is -0.178. The molecular formula is C19H19FN2. The van der Waals surface area contributed by atoms with Crippen LogP contribution >= 0.6 is 0 Å². The van der Waals surface area contributed by atoms with Gasteiger partial charge in [-0.25, -0.2) is 4.39 Å². The maximum atomic E-state index is 13.3. The molecule has 1 saturated heterocycles. The lowest BCUT2D eigenvalue weighted by molar-refractivity contribution is 0.282. The van der Waals surface area contributed by atoms with Crippen molar-refractivity contribution >= 4 is 10.9 Å². The highest BCUT2D eigenvalue weighted by Gasteiger charge is 2.27. The van der Waals surface area contributed by atoms with Gasteiger partial charge in [-0.1, -0.05) is 30.3 Å². The van der Waals surface area contributed by atoms with Crippen LogP contribution in [-0.4, -0.2) is 23.0 Å². The van der Waals surface area contributed by atoms with Gasteiger partial charge in [-0.15, -0.1) is 0 Å². The Morgan fingerprint density at radius 3 is 2.45 bits per heavy atom. The molecule has 1 N–H and O–H groups in total. The zero-order valence-corrected chi connectivity index (χ0v) is 12.4. The molecule has 2 heterocycles. The first kappa shape index (κ1) is 13.5. The lowest BCUT2D eigenvalue weighted by Gasteiger charge is -2.28. The van der Waals surface area contributed by atoms with E-state index in [1.807, 2.05) is 18.2 Å². The molecule has 1 aliphatic rings. The lowest BCUT2D eigenvalue weighted by atomic mass is 9.97. The second-order valence-electron chi connectivity index (χ2n) is 5.99. The van der Waals surface area contributed by atoms with Crippen LogP contribution in [0.1, 0.15) is 30.0 Å². The van der Waals surface area contributed by atoms with Crippen molar-refractivity contribution in [2.45, 2.75) is 18.9 Å². The number of hydrogen-bond donors (Lipinski definition) is 1. The molecule has 0 aliphatic carbocycles. The number of hydrogen-bond acceptors (Lipinski definition) is 1. The number of likely N-dealkylation sites (tertiary alicyclic amines) is 1. The van der Waals surface area contributed by atoms with Gasteiger partial charge in [0.15, 0.2) is 0 Å². The average Bonchev–Trinajstić information content (AvgIpc) is 3.20. The van der Waals surface area contributed by atoms with E-state index in [-0.39, 0.29) is 11.9 Å². The van der Waals surface area contributed by atoms with E-state index in [9.17, 15) is 4.39 Å². The molecule has 0 radical (unpaired) electrons. The Balaban J connectivity index is 1.84. The predicted molar refractivity (Wildman–Crippen MR) is 87.3 cm³/mol. The molecule has 0 amide bonds. The van der Waals surface area contributed by atoms with E-state index in [0.29, 0.717) is 0 Å². The molecule has 2 aromatic carbocycles. The number of halogens is 1. The van der Waals surface area contributed by atoms with E-state index < -0.39 is 0 Å². The molecule has 3 heteroatoms. The summed E-state index contributed by atoms with van der Waals surface area (Å²) in [4.78, 5) is 5.88. The third kappa shape index (κ3) is 2.32. The summed E-state index contributed by atoms with van der Waals surface area (Å²) >= 11 is 0. The normalized spacial score (nSPS) is 17.1. The van der Waals surface area contributed by atoms with E-state index in [2.05, 4.69) is 34.3 Å². The van der Waals surface area contributed by atoms with Crippen LogP contribution < -0.4 is 0 Å². The van der Waals surface area contributed by atoms with Crippen LogP contribution in [0.4, 0.5) is 4.39 Å². The first-order chi connectivity index (χ1) is 10.8. The minimum atomic E-state index is -0.178. The van der Waals surface area contributed by atoms with E-state index in [1.54, 1.807) is 12.1 Å². The highest BCUT2D eigenvalue weighted by molar-refractivity contribution is 5.84. The third-order valence-electron chi connectivity index (χ3n) is 4.61. The Hall–Kier alpha value is -2.13. The highest BCUT2D eigenvalue weighted by atomic mass is 19.1. The SMILES string of the molecule is Fc1ccc(C(c2c[nH]c3ccccc23)N2CCCC2)cc1. The zero-order valence-electron chi connectivity index (χ0n) is 12.4. The molecule has 1 fully saturated rings. The molecule has 0 saturated carbocycles. The van der Waals surface area contributed by atoms with Gasteiger partial charge >= 0.3 is 0 Å². The fourth-order valence-corrected chi connectivity index (χ4v) is 3.55. The van der Waals surface area contributed by atoms with Crippen LogP contribution in [0.5, 0.6) is 0 Å². The quantitative estimate of drug-likeness (QED) is 0.754. The Morgan fingerprint density at radius 2 is 1.68 bits per heavy atom. The topological polar surface area (TPSA) is 19.0 Å². The number of aromatic nitrogens is 1. The van der Waals surface area contributed by atoms with E-state index in [1.165, 1.54) is 23.8 Å². The van der Waals surface area contributed by atoms with Gasteiger partial charge in [-0.2, -0.15) is 0 Å². The smallest absolute Gasteiger partial charge is 0.123 e. The molecule has 2 nitrogen and oxygen atoms in total. The van der Waals surface area contributed by atoms with Crippen LogP contribution in [0.25, 0.3) is 10.9 Å². The van der Waals surface area contributed by atoms with Gasteiger partial charge in [-0.05, 0) is 55.3 Å². The van der Waals surface area contributed by atoms with Crippen LogP contribution in [-0.2, 0) is 0 Å². The second-order valence-corrected chi connectivity index (χ2v) is 5.99. The minimum Gasteiger partial charge on any atom is -0.361 e. The molecule has 3 aromatic rings. The van der Waals surface area contributed by atoms with Crippen molar-refractivity contribution in [2.75, 3.05) is 13.1 Å². The molecule has 4 rings (SSSR count). The van der Waals surface area contributed by atoms with Crippen molar-refractivity contribution in [3.8, 4) is 0 Å². The number of benzene rings is 2.